The fourth-order valence-electron chi connectivity index (χ4n) is 8.53. The first kappa shape index (κ1) is 57.0. The molecule has 2 aromatic heterocycles. The zero-order valence-corrected chi connectivity index (χ0v) is 46.4. The Morgan fingerprint density at radius 2 is 0.694 bits per heavy atom. The van der Waals surface area contributed by atoms with Crippen LogP contribution in [0.25, 0.3) is 43.8 Å². The maximum Gasteiger partial charge on any atom is 0.457 e. The quantitative estimate of drug-likeness (QED) is 0.152. The van der Waals surface area contributed by atoms with Crippen molar-refractivity contribution in [1.82, 2.24) is 29.9 Å². The average molecular weight is 986 g/mol. The third kappa shape index (κ3) is 14.4. The lowest BCUT2D eigenvalue weighted by atomic mass is 9.87. The first-order valence-corrected chi connectivity index (χ1v) is 26.8. The van der Waals surface area contributed by atoms with E-state index in [4.69, 9.17) is 20.9 Å². The number of nitrogens with zero attached hydrogens (tertiary/aromatic N) is 6. The van der Waals surface area contributed by atoms with E-state index in [9.17, 15) is 0 Å². The van der Waals surface area contributed by atoms with Crippen LogP contribution in [0.2, 0.25) is 11.6 Å². The lowest BCUT2D eigenvalue weighted by Gasteiger charge is -2.32. The van der Waals surface area contributed by atoms with Crippen molar-refractivity contribution in [3.8, 4) is 22.3 Å². The van der Waals surface area contributed by atoms with Gasteiger partial charge in [-0.3, -0.25) is 0 Å². The van der Waals surface area contributed by atoms with Crippen molar-refractivity contribution in [3.63, 3.8) is 0 Å². The van der Waals surface area contributed by atoms with Gasteiger partial charge in [0.15, 0.2) is 0 Å². The van der Waals surface area contributed by atoms with Gasteiger partial charge < -0.3 is 9.31 Å². The molecule has 72 heavy (non-hydrogen) atoms. The minimum atomic E-state index is -0.159. The van der Waals surface area contributed by atoms with Gasteiger partial charge >= 0.3 is 7.12 Å². The number of hydrogen-bond donors (Lipinski definition) is 0. The highest BCUT2D eigenvalue weighted by Crippen LogP contribution is 2.40. The molecule has 2 aliphatic carbocycles. The normalized spacial score (nSPS) is 13.5. The van der Waals surface area contributed by atoms with E-state index >= 15 is 0 Å². The van der Waals surface area contributed by atoms with Crippen molar-refractivity contribution in [1.29, 1.82) is 0 Å². The molecule has 0 amide bonds. The van der Waals surface area contributed by atoms with Crippen LogP contribution in [0.15, 0.2) is 121 Å². The van der Waals surface area contributed by atoms with E-state index in [0.29, 0.717) is 5.28 Å². The second-order valence-corrected chi connectivity index (χ2v) is 18.6. The molecule has 0 spiro atoms. The van der Waals surface area contributed by atoms with Gasteiger partial charge in [-0.2, -0.15) is 0 Å². The van der Waals surface area contributed by atoms with Crippen LogP contribution in [0.5, 0.6) is 0 Å². The Bertz CT molecular complexity index is 2770. The molecule has 0 bridgehead atoms. The Labute approximate surface area is 437 Å². The summed E-state index contributed by atoms with van der Waals surface area (Å²) in [6.45, 7) is 28.5. The highest BCUT2D eigenvalue weighted by Gasteiger charge is 2.50. The minimum absolute atomic E-state index is 0.0139. The molecule has 8 nitrogen and oxygen atoms in total. The van der Waals surface area contributed by atoms with Crippen molar-refractivity contribution < 1.29 is 9.31 Å². The summed E-state index contributed by atoms with van der Waals surface area (Å²) in [7, 11) is -0.0139. The van der Waals surface area contributed by atoms with Gasteiger partial charge in [-0.25, -0.2) is 29.9 Å². The number of fused-ring (bicyclic) bond motifs is 8. The largest absolute Gasteiger partial charge is 0.457 e. The van der Waals surface area contributed by atoms with Crippen LogP contribution >= 0.6 is 11.6 Å². The number of aryl methyl sites for hydroxylation is 5. The fraction of sp³-hybridized carbons (Fsp3) is 0.387. The van der Waals surface area contributed by atoms with Gasteiger partial charge in [0, 0.05) is 32.1 Å². The number of aromatic nitrogens is 6. The van der Waals surface area contributed by atoms with Gasteiger partial charge in [0.25, 0.3) is 0 Å². The van der Waals surface area contributed by atoms with Gasteiger partial charge in [0.2, 0.25) is 5.28 Å². The average Bonchev–Trinajstić information content (AvgIpc) is 4.04. The lowest BCUT2D eigenvalue weighted by Crippen LogP contribution is -2.41. The number of halogens is 1. The number of hydrogen-bond acceptors (Lipinski definition) is 8. The highest BCUT2D eigenvalue weighted by molar-refractivity contribution is 6.45. The standard InChI is InChI=1S/2C17H12.C9H15N3.C8H17BO2.C7H10ClN3.2C2H6/c2*1-2-6-13-11-17-15(9-12(13)5-1)10-14-7-3-4-8-16(14)17;1-4-7-10-8(5-2)12-9(6-3)11-7;1-6-9-10-7(2,3)8(4,5)11-9;1-3-5-9-6(4-2)11-7(8)10-5;2*1-2/h2*1-9,11H,10H2;4-6H2,1-3H3;6H2,1-5H3;3-4H2,1-2H3;2*1-2H3. The Balaban J connectivity index is 0.000000167. The maximum atomic E-state index is 5.69. The van der Waals surface area contributed by atoms with Crippen molar-refractivity contribution in [3.05, 3.63) is 178 Å². The van der Waals surface area contributed by atoms with E-state index in [1.165, 1.54) is 66.1 Å². The molecule has 0 atom stereocenters. The van der Waals surface area contributed by atoms with Crippen LogP contribution in [-0.2, 0) is 54.3 Å². The Hall–Kier alpha value is -5.87. The van der Waals surface area contributed by atoms with Crippen molar-refractivity contribution in [2.45, 2.75) is 159 Å². The van der Waals surface area contributed by atoms with Crippen molar-refractivity contribution >= 4 is 40.3 Å². The molecule has 0 unspecified atom stereocenters. The van der Waals surface area contributed by atoms with Crippen LogP contribution in [-0.4, -0.2) is 48.2 Å². The summed E-state index contributed by atoms with van der Waals surface area (Å²) in [5, 5.41) is 5.66. The predicted molar refractivity (Wildman–Crippen MR) is 305 cm³/mol. The van der Waals surface area contributed by atoms with Crippen molar-refractivity contribution in [2.75, 3.05) is 0 Å². The maximum absolute atomic E-state index is 5.69. The topological polar surface area (TPSA) is 95.8 Å². The molecular weight excluding hydrogens is 907 g/mol. The van der Waals surface area contributed by atoms with E-state index in [2.05, 4.69) is 207 Å². The van der Waals surface area contributed by atoms with E-state index in [-0.39, 0.29) is 18.3 Å². The van der Waals surface area contributed by atoms with Gasteiger partial charge in [-0.05, 0) is 137 Å². The number of benzene rings is 6. The van der Waals surface area contributed by atoms with E-state index in [0.717, 1.165) is 80.4 Å². The van der Waals surface area contributed by atoms with E-state index in [1.807, 2.05) is 41.5 Å². The summed E-state index contributed by atoms with van der Waals surface area (Å²) in [4.78, 5) is 24.9. The lowest BCUT2D eigenvalue weighted by molar-refractivity contribution is 0.00578. The smallest absolute Gasteiger partial charge is 0.403 e. The SMILES string of the molecule is CC.CC.CCB1OC(C)(C)C(C)(C)O1.CCc1nc(CC)nc(CC)n1.CCc1nc(Cl)nc(CC)n1.c1ccc2c(c1)Cc1cc3ccccc3cc1-2.c1ccc2c(c1)Cc1cc3ccccc3cc1-2. The second kappa shape index (κ2) is 27.3. The van der Waals surface area contributed by atoms with Gasteiger partial charge in [0.05, 0.1) is 11.2 Å². The molecular formula is C62H78BClN6O2. The first-order chi connectivity index (χ1) is 34.8. The molecule has 1 fully saturated rings. The van der Waals surface area contributed by atoms with E-state index < -0.39 is 0 Å². The van der Waals surface area contributed by atoms with Crippen LogP contribution in [0.1, 0.15) is 148 Å². The molecule has 1 aliphatic heterocycles. The summed E-state index contributed by atoms with van der Waals surface area (Å²) in [5.74, 6) is 4.28. The molecule has 1 saturated heterocycles. The summed E-state index contributed by atoms with van der Waals surface area (Å²) in [5.41, 5.74) is 11.2. The Morgan fingerprint density at radius 1 is 0.403 bits per heavy atom. The molecule has 0 radical (unpaired) electrons. The molecule has 378 valence electrons. The van der Waals surface area contributed by atoms with Crippen LogP contribution in [0, 0.1) is 0 Å². The minimum Gasteiger partial charge on any atom is -0.403 e. The van der Waals surface area contributed by atoms with Gasteiger partial charge in [-0.1, -0.05) is 178 Å². The fourth-order valence-corrected chi connectivity index (χ4v) is 8.73. The summed E-state index contributed by atoms with van der Waals surface area (Å²) < 4.78 is 11.4. The second-order valence-electron chi connectivity index (χ2n) is 18.3. The molecule has 0 saturated carbocycles. The molecule has 11 rings (SSSR count). The molecule has 3 aliphatic rings. The molecule has 8 aromatic rings. The highest BCUT2D eigenvalue weighted by atomic mass is 35.5. The zero-order valence-electron chi connectivity index (χ0n) is 45.7. The molecule has 0 N–H and O–H groups in total. The third-order valence-corrected chi connectivity index (χ3v) is 13.2. The first-order valence-electron chi connectivity index (χ1n) is 26.5. The zero-order chi connectivity index (χ0) is 52.4. The molecule has 10 heteroatoms. The third-order valence-electron chi connectivity index (χ3n) is 13.0. The van der Waals surface area contributed by atoms with E-state index in [1.54, 1.807) is 0 Å². The number of rotatable bonds is 6. The van der Waals surface area contributed by atoms with Gasteiger partial charge in [-0.15, -0.1) is 0 Å². The summed E-state index contributed by atoms with van der Waals surface area (Å²) in [6, 6.07) is 44.0. The van der Waals surface area contributed by atoms with Crippen LogP contribution < -0.4 is 0 Å². The summed E-state index contributed by atoms with van der Waals surface area (Å²) in [6.07, 6.45) is 7.36. The molecule has 3 heterocycles. The van der Waals surface area contributed by atoms with Crippen LogP contribution in [0.3, 0.4) is 0 Å². The van der Waals surface area contributed by atoms with Crippen molar-refractivity contribution in [2.24, 2.45) is 0 Å². The summed E-state index contributed by atoms with van der Waals surface area (Å²) >= 11 is 5.65. The molecule has 6 aromatic carbocycles. The monoisotopic (exact) mass is 985 g/mol. The van der Waals surface area contributed by atoms with Crippen LogP contribution in [0.4, 0.5) is 0 Å². The Morgan fingerprint density at radius 3 is 1.00 bits per heavy atom. The van der Waals surface area contributed by atoms with Gasteiger partial charge in [0.1, 0.15) is 29.1 Å². The Kier molecular flexibility index (Phi) is 21.6. The predicted octanol–water partition coefficient (Wildman–Crippen LogP) is 16.2.